The monoisotopic (exact) mass is 331 g/mol. The van der Waals surface area contributed by atoms with E-state index in [0.29, 0.717) is 0 Å². The summed E-state index contributed by atoms with van der Waals surface area (Å²) in [4.78, 5) is 27.1. The molecule has 0 unspecified atom stereocenters. The van der Waals surface area contributed by atoms with Crippen molar-refractivity contribution in [2.45, 2.75) is 20.0 Å². The number of hydrogen-bond donors (Lipinski definition) is 0. The van der Waals surface area contributed by atoms with Gasteiger partial charge < -0.3 is 9.47 Å². The highest BCUT2D eigenvalue weighted by atomic mass is 19.4. The lowest BCUT2D eigenvalue weighted by atomic mass is 10.1. The molecule has 0 aromatic heterocycles. The summed E-state index contributed by atoms with van der Waals surface area (Å²) >= 11 is 0. The van der Waals surface area contributed by atoms with Crippen LogP contribution >= 0.6 is 0 Å². The largest absolute Gasteiger partial charge is 0.465 e. The number of carbonyl (C=O) groups excluding carboxylic acids is 2. The number of hydrogen-bond acceptors (Lipinski definition) is 5. The number of aliphatic imine (C=N–C) groups is 1. The number of carbonyl (C=O) groups is 2. The van der Waals surface area contributed by atoms with Crippen LogP contribution in [0.2, 0.25) is 0 Å². The summed E-state index contributed by atoms with van der Waals surface area (Å²) in [5, 5.41) is 0. The first-order valence-electron chi connectivity index (χ1n) is 6.84. The minimum atomic E-state index is -4.60. The summed E-state index contributed by atoms with van der Waals surface area (Å²) in [7, 11) is 0. The molecule has 0 amide bonds. The van der Waals surface area contributed by atoms with E-state index in [1.807, 2.05) is 0 Å². The molecule has 0 N–H and O–H groups in total. The van der Waals surface area contributed by atoms with Crippen molar-refractivity contribution in [3.8, 4) is 0 Å². The van der Waals surface area contributed by atoms with Crippen molar-refractivity contribution in [1.29, 1.82) is 0 Å². The predicted molar refractivity (Wildman–Crippen MR) is 76.4 cm³/mol. The normalized spacial score (nSPS) is 11.7. The molecule has 0 aliphatic carbocycles. The first kappa shape index (κ1) is 18.7. The Morgan fingerprint density at radius 1 is 1.13 bits per heavy atom. The topological polar surface area (TPSA) is 65.0 Å². The van der Waals surface area contributed by atoms with Crippen LogP contribution in [0.25, 0.3) is 0 Å². The third-order valence-electron chi connectivity index (χ3n) is 2.65. The lowest BCUT2D eigenvalue weighted by Crippen LogP contribution is -2.29. The van der Waals surface area contributed by atoms with E-state index < -0.39 is 35.3 Å². The van der Waals surface area contributed by atoms with Crippen LogP contribution in [0.1, 0.15) is 19.4 Å². The molecule has 1 rings (SSSR count). The summed E-state index contributed by atoms with van der Waals surface area (Å²) in [5.74, 6) is -3.38. The minimum absolute atomic E-state index is 0.0156. The van der Waals surface area contributed by atoms with Gasteiger partial charge in [-0.1, -0.05) is 12.1 Å². The van der Waals surface area contributed by atoms with E-state index in [4.69, 9.17) is 9.47 Å². The number of benzene rings is 1. The quantitative estimate of drug-likeness (QED) is 0.456. The summed E-state index contributed by atoms with van der Waals surface area (Å²) in [6.07, 6.45) is -3.79. The van der Waals surface area contributed by atoms with Gasteiger partial charge in [-0.2, -0.15) is 13.2 Å². The molecule has 0 heterocycles. The molecule has 0 aliphatic heterocycles. The standard InChI is InChI=1S/C15H16F3NO4/c1-3-22-13(20)10(14(21)23-4-2)9-19-12-8-6-5-7-11(12)15(16,17)18/h5-10H,3-4H2,1-2H3. The molecule has 0 spiro atoms. The zero-order valence-electron chi connectivity index (χ0n) is 12.6. The van der Waals surface area contributed by atoms with Gasteiger partial charge in [-0.3, -0.25) is 14.6 Å². The zero-order valence-corrected chi connectivity index (χ0v) is 12.6. The first-order chi connectivity index (χ1) is 10.8. The number of alkyl halides is 3. The molecule has 0 aliphatic rings. The minimum Gasteiger partial charge on any atom is -0.465 e. The van der Waals surface area contributed by atoms with Gasteiger partial charge in [-0.05, 0) is 26.0 Å². The van der Waals surface area contributed by atoms with Crippen molar-refractivity contribution < 1.29 is 32.2 Å². The molecule has 23 heavy (non-hydrogen) atoms. The fraction of sp³-hybridized carbons (Fsp3) is 0.400. The molecule has 1 aromatic carbocycles. The van der Waals surface area contributed by atoms with Crippen LogP contribution in [-0.2, 0) is 25.2 Å². The van der Waals surface area contributed by atoms with Crippen LogP contribution < -0.4 is 0 Å². The van der Waals surface area contributed by atoms with Gasteiger partial charge >= 0.3 is 18.1 Å². The van der Waals surface area contributed by atoms with Crippen LogP contribution in [0.15, 0.2) is 29.3 Å². The van der Waals surface area contributed by atoms with E-state index in [9.17, 15) is 22.8 Å². The van der Waals surface area contributed by atoms with Crippen molar-refractivity contribution >= 4 is 23.8 Å². The molecule has 0 fully saturated rings. The van der Waals surface area contributed by atoms with Gasteiger partial charge in [0, 0.05) is 6.21 Å². The van der Waals surface area contributed by atoms with Gasteiger partial charge in [0.25, 0.3) is 0 Å². The maximum Gasteiger partial charge on any atom is 0.418 e. The van der Waals surface area contributed by atoms with Gasteiger partial charge in [-0.15, -0.1) is 0 Å². The number of para-hydroxylation sites is 1. The van der Waals surface area contributed by atoms with E-state index in [-0.39, 0.29) is 13.2 Å². The molecule has 1 aromatic rings. The number of ether oxygens (including phenoxy) is 2. The Bertz CT molecular complexity index is 566. The Hall–Kier alpha value is -2.38. The van der Waals surface area contributed by atoms with Crippen molar-refractivity contribution in [3.05, 3.63) is 29.8 Å². The van der Waals surface area contributed by atoms with Crippen molar-refractivity contribution in [2.75, 3.05) is 13.2 Å². The fourth-order valence-electron chi connectivity index (χ4n) is 1.66. The number of halogens is 3. The molecule has 0 saturated heterocycles. The lowest BCUT2D eigenvalue weighted by molar-refractivity contribution is -0.157. The summed E-state index contributed by atoms with van der Waals surface area (Å²) < 4.78 is 48.0. The summed E-state index contributed by atoms with van der Waals surface area (Å²) in [6, 6.07) is 4.57. The van der Waals surface area contributed by atoms with Gasteiger partial charge in [0.15, 0.2) is 5.92 Å². The highest BCUT2D eigenvalue weighted by Gasteiger charge is 2.33. The summed E-state index contributed by atoms with van der Waals surface area (Å²) in [5.41, 5.74) is -1.37. The van der Waals surface area contributed by atoms with E-state index >= 15 is 0 Å². The van der Waals surface area contributed by atoms with Crippen LogP contribution in [-0.4, -0.2) is 31.4 Å². The highest BCUT2D eigenvalue weighted by Crippen LogP contribution is 2.35. The summed E-state index contributed by atoms with van der Waals surface area (Å²) in [6.45, 7) is 3.11. The molecule has 0 saturated carbocycles. The van der Waals surface area contributed by atoms with Crippen LogP contribution in [0.3, 0.4) is 0 Å². The Morgan fingerprint density at radius 2 is 1.65 bits per heavy atom. The third-order valence-corrected chi connectivity index (χ3v) is 2.65. The van der Waals surface area contributed by atoms with Crippen LogP contribution in [0.5, 0.6) is 0 Å². The molecule has 0 atom stereocenters. The van der Waals surface area contributed by atoms with Gasteiger partial charge in [0.1, 0.15) is 0 Å². The van der Waals surface area contributed by atoms with Crippen molar-refractivity contribution in [2.24, 2.45) is 10.9 Å². The average Bonchev–Trinajstić information content (AvgIpc) is 2.47. The molecule has 0 bridgehead atoms. The number of rotatable bonds is 6. The van der Waals surface area contributed by atoms with E-state index in [0.717, 1.165) is 18.3 Å². The van der Waals surface area contributed by atoms with Gasteiger partial charge in [0.05, 0.1) is 24.5 Å². The van der Waals surface area contributed by atoms with E-state index in [1.54, 1.807) is 0 Å². The predicted octanol–water partition coefficient (Wildman–Crippen LogP) is 3.15. The molecule has 126 valence electrons. The van der Waals surface area contributed by atoms with E-state index in [2.05, 4.69) is 4.99 Å². The van der Waals surface area contributed by atoms with Crippen molar-refractivity contribution in [3.63, 3.8) is 0 Å². The van der Waals surface area contributed by atoms with Gasteiger partial charge in [-0.25, -0.2) is 0 Å². The Labute approximate surface area is 131 Å². The van der Waals surface area contributed by atoms with Crippen LogP contribution in [0, 0.1) is 5.92 Å². The highest BCUT2D eigenvalue weighted by molar-refractivity contribution is 6.09. The average molecular weight is 331 g/mol. The maximum absolute atomic E-state index is 12.9. The Morgan fingerprint density at radius 3 is 2.13 bits per heavy atom. The molecular formula is C15H16F3NO4. The fourth-order valence-corrected chi connectivity index (χ4v) is 1.66. The molecule has 5 nitrogen and oxygen atoms in total. The number of esters is 2. The van der Waals surface area contributed by atoms with Crippen LogP contribution in [0.4, 0.5) is 18.9 Å². The number of nitrogens with zero attached hydrogens (tertiary/aromatic N) is 1. The zero-order chi connectivity index (χ0) is 17.5. The third kappa shape index (κ3) is 5.39. The lowest BCUT2D eigenvalue weighted by Gasteiger charge is -2.11. The van der Waals surface area contributed by atoms with Crippen molar-refractivity contribution in [1.82, 2.24) is 0 Å². The first-order valence-corrected chi connectivity index (χ1v) is 6.84. The van der Waals surface area contributed by atoms with Gasteiger partial charge in [0.2, 0.25) is 0 Å². The molecular weight excluding hydrogens is 315 g/mol. The maximum atomic E-state index is 12.9. The SMILES string of the molecule is CCOC(=O)C(C=Nc1ccccc1C(F)(F)F)C(=O)OCC. The second-order valence-corrected chi connectivity index (χ2v) is 4.27. The molecule has 8 heteroatoms. The smallest absolute Gasteiger partial charge is 0.418 e. The van der Waals surface area contributed by atoms with E-state index in [1.165, 1.54) is 26.0 Å². The Kier molecular flexibility index (Phi) is 6.74. The Balaban J connectivity index is 3.11. The molecule has 0 radical (unpaired) electrons. The second kappa shape index (κ2) is 8.30. The second-order valence-electron chi connectivity index (χ2n) is 4.27.